The van der Waals surface area contributed by atoms with Crippen molar-refractivity contribution in [3.63, 3.8) is 0 Å². The van der Waals surface area contributed by atoms with E-state index < -0.39 is 0 Å². The van der Waals surface area contributed by atoms with E-state index in [1.165, 1.54) is 54.4 Å². The summed E-state index contributed by atoms with van der Waals surface area (Å²) in [7, 11) is 0. The molecule has 0 atom stereocenters. The van der Waals surface area contributed by atoms with E-state index >= 15 is 0 Å². The van der Waals surface area contributed by atoms with Crippen LogP contribution in [0.15, 0.2) is 152 Å². The molecule has 3 heteroatoms. The smallest absolute Gasteiger partial charge is 0.0703 e. The molecule has 0 saturated heterocycles. The zero-order chi connectivity index (χ0) is 27.6. The molecular weight excluding hydrogens is 510 g/mol. The standard InChI is InChI=1S/C39H25N3/c1-3-11-26(12-4-1)35-24-19-28(25-40-35)42-37-18-10-8-16-30(37)32-21-22-33-34(39(32)42)23-20-31-29-15-7-9-17-36(29)41(38(31)33)27-13-5-2-6-14-27/h1-25H. The lowest BCUT2D eigenvalue weighted by Crippen LogP contribution is -1.97. The Morgan fingerprint density at radius 2 is 0.833 bits per heavy atom. The third-order valence-corrected chi connectivity index (χ3v) is 8.55. The summed E-state index contributed by atoms with van der Waals surface area (Å²) in [5, 5.41) is 7.47. The average Bonchev–Trinajstić information content (AvgIpc) is 3.59. The van der Waals surface area contributed by atoms with Gasteiger partial charge >= 0.3 is 0 Å². The molecule has 3 heterocycles. The Morgan fingerprint density at radius 3 is 1.38 bits per heavy atom. The number of rotatable bonds is 3. The quantitative estimate of drug-likeness (QED) is 0.221. The van der Waals surface area contributed by atoms with Gasteiger partial charge in [-0.2, -0.15) is 0 Å². The molecule has 0 spiro atoms. The van der Waals surface area contributed by atoms with Crippen molar-refractivity contribution in [3.8, 4) is 22.6 Å². The van der Waals surface area contributed by atoms with Crippen LogP contribution in [0.1, 0.15) is 0 Å². The molecule has 42 heavy (non-hydrogen) atoms. The van der Waals surface area contributed by atoms with E-state index in [9.17, 15) is 0 Å². The number of para-hydroxylation sites is 3. The fraction of sp³-hybridized carbons (Fsp3) is 0. The summed E-state index contributed by atoms with van der Waals surface area (Å²) >= 11 is 0. The number of nitrogens with zero attached hydrogens (tertiary/aromatic N) is 3. The van der Waals surface area contributed by atoms with Crippen molar-refractivity contribution in [2.75, 3.05) is 0 Å². The normalized spacial score (nSPS) is 11.8. The number of aromatic nitrogens is 3. The van der Waals surface area contributed by atoms with Crippen LogP contribution in [0, 0.1) is 0 Å². The summed E-state index contributed by atoms with van der Waals surface area (Å²) in [6.07, 6.45) is 2.01. The molecule has 9 aromatic rings. The molecule has 0 bridgehead atoms. The molecule has 196 valence electrons. The van der Waals surface area contributed by atoms with E-state index in [-0.39, 0.29) is 0 Å². The van der Waals surface area contributed by atoms with Gasteiger partial charge < -0.3 is 9.13 Å². The third kappa shape index (κ3) is 3.25. The zero-order valence-corrected chi connectivity index (χ0v) is 22.8. The fourth-order valence-electron chi connectivity index (χ4n) is 6.74. The van der Waals surface area contributed by atoms with E-state index in [0.717, 1.165) is 22.6 Å². The molecule has 0 radical (unpaired) electrons. The van der Waals surface area contributed by atoms with Gasteiger partial charge in [0.25, 0.3) is 0 Å². The first-order chi connectivity index (χ1) is 20.9. The highest BCUT2D eigenvalue weighted by Crippen LogP contribution is 2.42. The van der Waals surface area contributed by atoms with Gasteiger partial charge in [0.2, 0.25) is 0 Å². The lowest BCUT2D eigenvalue weighted by atomic mass is 10.0. The van der Waals surface area contributed by atoms with Gasteiger partial charge in [-0.15, -0.1) is 0 Å². The van der Waals surface area contributed by atoms with Crippen molar-refractivity contribution in [2.45, 2.75) is 0 Å². The van der Waals surface area contributed by atoms with Gasteiger partial charge in [0.15, 0.2) is 0 Å². The van der Waals surface area contributed by atoms with E-state index in [0.29, 0.717) is 0 Å². The van der Waals surface area contributed by atoms with Gasteiger partial charge in [-0.25, -0.2) is 0 Å². The molecule has 0 aliphatic rings. The minimum absolute atomic E-state index is 0.971. The highest BCUT2D eigenvalue weighted by atomic mass is 15.0. The van der Waals surface area contributed by atoms with Crippen LogP contribution >= 0.6 is 0 Å². The molecule has 0 amide bonds. The van der Waals surface area contributed by atoms with Crippen molar-refractivity contribution in [2.24, 2.45) is 0 Å². The molecule has 0 unspecified atom stereocenters. The highest BCUT2D eigenvalue weighted by Gasteiger charge is 2.19. The summed E-state index contributed by atoms with van der Waals surface area (Å²) in [4.78, 5) is 4.91. The molecule has 0 saturated carbocycles. The van der Waals surface area contributed by atoms with Crippen LogP contribution in [0.25, 0.3) is 77.0 Å². The molecule has 0 aliphatic carbocycles. The van der Waals surface area contributed by atoms with Gasteiger partial charge in [-0.05, 0) is 36.4 Å². The van der Waals surface area contributed by atoms with Gasteiger partial charge in [0, 0.05) is 43.6 Å². The van der Waals surface area contributed by atoms with Crippen molar-refractivity contribution in [1.82, 2.24) is 14.1 Å². The summed E-state index contributed by atoms with van der Waals surface area (Å²) in [6.45, 7) is 0. The van der Waals surface area contributed by atoms with Crippen LogP contribution in [0.3, 0.4) is 0 Å². The van der Waals surface area contributed by atoms with Crippen LogP contribution in [0.5, 0.6) is 0 Å². The SMILES string of the molecule is c1ccc(-c2ccc(-n3c4ccccc4c4ccc5c(ccc6c7ccccc7n(-c7ccccc7)c65)c43)cn2)cc1. The Hall–Kier alpha value is -5.67. The van der Waals surface area contributed by atoms with Crippen molar-refractivity contribution in [3.05, 3.63) is 152 Å². The van der Waals surface area contributed by atoms with Crippen LogP contribution in [-0.2, 0) is 0 Å². The predicted molar refractivity (Wildman–Crippen MR) is 176 cm³/mol. The number of hydrogen-bond acceptors (Lipinski definition) is 1. The maximum Gasteiger partial charge on any atom is 0.0703 e. The second-order valence-electron chi connectivity index (χ2n) is 10.8. The van der Waals surface area contributed by atoms with Gasteiger partial charge in [-0.1, -0.05) is 109 Å². The Kier molecular flexibility index (Phi) is 4.90. The number of benzene rings is 6. The molecule has 3 nitrogen and oxygen atoms in total. The van der Waals surface area contributed by atoms with Gasteiger partial charge in [0.05, 0.1) is 39.6 Å². The van der Waals surface area contributed by atoms with E-state index in [1.807, 2.05) is 12.3 Å². The van der Waals surface area contributed by atoms with Crippen LogP contribution in [0.2, 0.25) is 0 Å². The lowest BCUT2D eigenvalue weighted by molar-refractivity contribution is 1.15. The third-order valence-electron chi connectivity index (χ3n) is 8.55. The van der Waals surface area contributed by atoms with E-state index in [2.05, 4.69) is 149 Å². The van der Waals surface area contributed by atoms with E-state index in [4.69, 9.17) is 4.98 Å². The topological polar surface area (TPSA) is 22.8 Å². The second-order valence-corrected chi connectivity index (χ2v) is 10.8. The first-order valence-corrected chi connectivity index (χ1v) is 14.3. The van der Waals surface area contributed by atoms with Crippen molar-refractivity contribution in [1.29, 1.82) is 0 Å². The first kappa shape index (κ1) is 23.1. The molecular formula is C39H25N3. The molecule has 0 fully saturated rings. The first-order valence-electron chi connectivity index (χ1n) is 14.3. The Balaban J connectivity index is 1.40. The zero-order valence-electron chi connectivity index (χ0n) is 22.8. The largest absolute Gasteiger partial charge is 0.309 e. The molecule has 0 N–H and O–H groups in total. The summed E-state index contributed by atoms with van der Waals surface area (Å²) in [6, 6.07) is 52.0. The Morgan fingerprint density at radius 1 is 0.357 bits per heavy atom. The molecule has 9 rings (SSSR count). The lowest BCUT2D eigenvalue weighted by Gasteiger charge is -2.13. The molecule has 6 aromatic carbocycles. The maximum atomic E-state index is 4.91. The van der Waals surface area contributed by atoms with Crippen LogP contribution < -0.4 is 0 Å². The average molecular weight is 536 g/mol. The summed E-state index contributed by atoms with van der Waals surface area (Å²) in [5.74, 6) is 0. The maximum absolute atomic E-state index is 4.91. The molecule has 3 aromatic heterocycles. The van der Waals surface area contributed by atoms with Crippen LogP contribution in [-0.4, -0.2) is 14.1 Å². The van der Waals surface area contributed by atoms with Gasteiger partial charge in [-0.3, -0.25) is 4.98 Å². The monoisotopic (exact) mass is 535 g/mol. The second kappa shape index (κ2) is 8.92. The van der Waals surface area contributed by atoms with Gasteiger partial charge in [0.1, 0.15) is 0 Å². The number of fused-ring (bicyclic) bond motifs is 9. The van der Waals surface area contributed by atoms with Crippen molar-refractivity contribution < 1.29 is 0 Å². The Bertz CT molecular complexity index is 2430. The predicted octanol–water partition coefficient (Wildman–Crippen LogP) is 10.1. The highest BCUT2D eigenvalue weighted by molar-refractivity contribution is 6.26. The molecule has 0 aliphatic heterocycles. The fourth-order valence-corrected chi connectivity index (χ4v) is 6.74. The van der Waals surface area contributed by atoms with Crippen molar-refractivity contribution >= 4 is 54.4 Å². The Labute approximate surface area is 242 Å². The summed E-state index contributed by atoms with van der Waals surface area (Å²) in [5.41, 5.74) is 9.14. The number of hydrogen-bond donors (Lipinski definition) is 0. The number of pyridine rings is 1. The minimum Gasteiger partial charge on any atom is -0.309 e. The van der Waals surface area contributed by atoms with Crippen LogP contribution in [0.4, 0.5) is 0 Å². The summed E-state index contributed by atoms with van der Waals surface area (Å²) < 4.78 is 4.80. The minimum atomic E-state index is 0.971. The van der Waals surface area contributed by atoms with E-state index in [1.54, 1.807) is 0 Å².